The number of fused-ring (bicyclic) bond motifs is 1. The molecule has 0 saturated carbocycles. The van der Waals surface area contributed by atoms with E-state index in [1.54, 1.807) is 11.3 Å². The molecule has 1 atom stereocenters. The molecule has 0 spiro atoms. The van der Waals surface area contributed by atoms with Crippen LogP contribution in [0, 0.1) is 5.82 Å². The number of anilines is 1. The monoisotopic (exact) mass is 435 g/mol. The highest BCUT2D eigenvalue weighted by Crippen LogP contribution is 2.31. The van der Waals surface area contributed by atoms with Gasteiger partial charge in [0.1, 0.15) is 16.8 Å². The largest absolute Gasteiger partial charge is 0.363 e. The summed E-state index contributed by atoms with van der Waals surface area (Å²) in [6.45, 7) is -0.268. The molecule has 3 aromatic heterocycles. The average molecular weight is 437 g/mol. The van der Waals surface area contributed by atoms with Gasteiger partial charge >= 0.3 is 0 Å². The van der Waals surface area contributed by atoms with E-state index < -0.39 is 18.5 Å². The van der Waals surface area contributed by atoms with E-state index >= 15 is 0 Å². The second kappa shape index (κ2) is 7.30. The molecule has 3 heterocycles. The van der Waals surface area contributed by atoms with Crippen molar-refractivity contribution in [3.63, 3.8) is 0 Å². The molecule has 0 aromatic carbocycles. The minimum atomic E-state index is -0.792. The zero-order valence-electron chi connectivity index (χ0n) is 12.3. The molecular weight excluding hydrogens is 424 g/mol. The summed E-state index contributed by atoms with van der Waals surface area (Å²) in [5.41, 5.74) is 6.00. The minimum Gasteiger partial charge on any atom is -0.363 e. The maximum atomic E-state index is 14.9. The van der Waals surface area contributed by atoms with Crippen LogP contribution in [0.5, 0.6) is 0 Å². The van der Waals surface area contributed by atoms with Gasteiger partial charge in [-0.15, -0.1) is 16.4 Å². The summed E-state index contributed by atoms with van der Waals surface area (Å²) in [6, 6.07) is 3.09. The van der Waals surface area contributed by atoms with E-state index in [1.165, 1.54) is 4.52 Å². The summed E-state index contributed by atoms with van der Waals surface area (Å²) < 4.78 is 29.2. The van der Waals surface area contributed by atoms with E-state index in [0.29, 0.717) is 11.1 Å². The first kappa shape index (κ1) is 17.5. The van der Waals surface area contributed by atoms with Crippen LogP contribution < -0.4 is 11.1 Å². The summed E-state index contributed by atoms with van der Waals surface area (Å²) in [5.74, 6) is -0.280. The Kier molecular flexibility index (Phi) is 5.33. The van der Waals surface area contributed by atoms with Crippen molar-refractivity contribution in [2.24, 2.45) is 5.73 Å². The van der Waals surface area contributed by atoms with Crippen molar-refractivity contribution >= 4 is 50.2 Å². The third-order valence-electron chi connectivity index (χ3n) is 3.41. The third kappa shape index (κ3) is 3.39. The van der Waals surface area contributed by atoms with Gasteiger partial charge in [0.15, 0.2) is 11.6 Å². The molecular formula is C14H13BrClF2N5S. The van der Waals surface area contributed by atoms with E-state index in [-0.39, 0.29) is 28.6 Å². The fourth-order valence-electron chi connectivity index (χ4n) is 2.30. The lowest BCUT2D eigenvalue weighted by molar-refractivity contribution is 0.423. The fraction of sp³-hybridized carbons (Fsp3) is 0.286. The summed E-state index contributed by atoms with van der Waals surface area (Å²) in [6.07, 6.45) is 0.0360. The molecule has 0 radical (unpaired) electrons. The lowest BCUT2D eigenvalue weighted by atomic mass is 10.1. The van der Waals surface area contributed by atoms with Gasteiger partial charge in [-0.2, -0.15) is 4.98 Å². The summed E-state index contributed by atoms with van der Waals surface area (Å²) in [4.78, 5) is 5.14. The van der Waals surface area contributed by atoms with Crippen LogP contribution in [0.15, 0.2) is 22.1 Å². The van der Waals surface area contributed by atoms with Gasteiger partial charge in [0, 0.05) is 16.5 Å². The van der Waals surface area contributed by atoms with Crippen molar-refractivity contribution < 1.29 is 8.78 Å². The van der Waals surface area contributed by atoms with Gasteiger partial charge < -0.3 is 11.1 Å². The lowest BCUT2D eigenvalue weighted by Crippen LogP contribution is -2.25. The van der Waals surface area contributed by atoms with Crippen LogP contribution >= 0.6 is 38.9 Å². The molecule has 0 saturated heterocycles. The van der Waals surface area contributed by atoms with Crippen molar-refractivity contribution in [3.8, 4) is 0 Å². The van der Waals surface area contributed by atoms with Gasteiger partial charge in [-0.1, -0.05) is 6.07 Å². The molecule has 0 aliphatic carbocycles. The predicted molar refractivity (Wildman–Crippen MR) is 95.0 cm³/mol. The van der Waals surface area contributed by atoms with Crippen LogP contribution in [0.4, 0.5) is 14.6 Å². The normalized spacial score (nSPS) is 12.7. The number of alkyl halides is 1. The van der Waals surface area contributed by atoms with Crippen molar-refractivity contribution in [2.45, 2.75) is 19.0 Å². The Morgan fingerprint density at radius 2 is 2.29 bits per heavy atom. The summed E-state index contributed by atoms with van der Waals surface area (Å²) in [7, 11) is 0. The van der Waals surface area contributed by atoms with Crippen LogP contribution in [0.2, 0.25) is 5.28 Å². The van der Waals surface area contributed by atoms with E-state index in [2.05, 4.69) is 31.3 Å². The Bertz CT molecular complexity index is 855. The van der Waals surface area contributed by atoms with Crippen LogP contribution in [0.1, 0.15) is 10.4 Å². The number of nitrogens with one attached hydrogen (secondary N) is 1. The van der Waals surface area contributed by atoms with E-state index in [4.69, 9.17) is 17.3 Å². The van der Waals surface area contributed by atoms with Gasteiger partial charge in [-0.05, 0) is 45.4 Å². The second-order valence-electron chi connectivity index (χ2n) is 5.12. The molecule has 10 heteroatoms. The molecule has 0 fully saturated rings. The average Bonchev–Trinajstić information content (AvgIpc) is 3.16. The molecule has 3 aromatic rings. The number of nitrogens with two attached hydrogens (primary N) is 1. The SMILES string of the molecule is N[C@@H](CF)Cc1c(F)c2c(NCc3cccs3)nc(Cl)nn2c1Br. The predicted octanol–water partition coefficient (Wildman–Crippen LogP) is 3.80. The van der Waals surface area contributed by atoms with E-state index in [9.17, 15) is 8.78 Å². The van der Waals surface area contributed by atoms with Crippen LogP contribution in [0.25, 0.3) is 5.52 Å². The number of hydrogen-bond acceptors (Lipinski definition) is 5. The summed E-state index contributed by atoms with van der Waals surface area (Å²) in [5, 5.41) is 8.99. The number of halogens is 4. The Morgan fingerprint density at radius 3 is 2.96 bits per heavy atom. The Hall–Kier alpha value is -1.29. The van der Waals surface area contributed by atoms with Gasteiger partial charge in [0.05, 0.1) is 6.54 Å². The van der Waals surface area contributed by atoms with E-state index in [0.717, 1.165) is 4.88 Å². The number of rotatable bonds is 6. The molecule has 0 aliphatic heterocycles. The zero-order valence-corrected chi connectivity index (χ0v) is 15.4. The molecule has 24 heavy (non-hydrogen) atoms. The van der Waals surface area contributed by atoms with Crippen molar-refractivity contribution in [1.82, 2.24) is 14.6 Å². The van der Waals surface area contributed by atoms with Gasteiger partial charge in [0.2, 0.25) is 5.28 Å². The molecule has 5 nitrogen and oxygen atoms in total. The molecule has 0 unspecified atom stereocenters. The highest BCUT2D eigenvalue weighted by Gasteiger charge is 2.23. The molecule has 128 valence electrons. The molecule has 0 amide bonds. The van der Waals surface area contributed by atoms with Crippen molar-refractivity contribution in [1.29, 1.82) is 0 Å². The van der Waals surface area contributed by atoms with Crippen LogP contribution in [0.3, 0.4) is 0 Å². The maximum Gasteiger partial charge on any atom is 0.243 e. The molecule has 3 rings (SSSR count). The van der Waals surface area contributed by atoms with Gasteiger partial charge in [-0.25, -0.2) is 13.3 Å². The zero-order chi connectivity index (χ0) is 17.3. The lowest BCUT2D eigenvalue weighted by Gasteiger charge is -2.07. The summed E-state index contributed by atoms with van der Waals surface area (Å²) >= 11 is 10.8. The maximum absolute atomic E-state index is 14.9. The fourth-order valence-corrected chi connectivity index (χ4v) is 3.70. The number of hydrogen-bond donors (Lipinski definition) is 2. The second-order valence-corrected chi connectivity index (χ2v) is 7.25. The van der Waals surface area contributed by atoms with E-state index in [1.807, 2.05) is 17.5 Å². The minimum absolute atomic E-state index is 0.0341. The third-order valence-corrected chi connectivity index (χ3v) is 5.26. The smallest absolute Gasteiger partial charge is 0.243 e. The highest BCUT2D eigenvalue weighted by atomic mass is 79.9. The van der Waals surface area contributed by atoms with Crippen molar-refractivity contribution in [3.05, 3.63) is 43.7 Å². The number of nitrogens with zero attached hydrogens (tertiary/aromatic N) is 3. The Labute approximate surface area is 154 Å². The highest BCUT2D eigenvalue weighted by molar-refractivity contribution is 9.10. The quantitative estimate of drug-likeness (QED) is 0.617. The molecule has 3 N–H and O–H groups in total. The van der Waals surface area contributed by atoms with Crippen LogP contribution in [-0.4, -0.2) is 27.3 Å². The van der Waals surface area contributed by atoms with Gasteiger partial charge in [0.25, 0.3) is 0 Å². The van der Waals surface area contributed by atoms with Gasteiger partial charge in [-0.3, -0.25) is 0 Å². The first-order chi connectivity index (χ1) is 11.5. The standard InChI is InChI=1S/C14H13BrClF2N5S/c15-12-9(4-7(19)5-17)10(18)11-13(21-14(16)22-23(11)12)20-6-8-2-1-3-24-8/h1-3,7H,4-6,19H2,(H,20,21,22)/t7-/m1/s1. The number of thiophene rings is 1. The molecule has 0 aliphatic rings. The van der Waals surface area contributed by atoms with Crippen molar-refractivity contribution in [2.75, 3.05) is 12.0 Å². The van der Waals surface area contributed by atoms with Crippen LogP contribution in [-0.2, 0) is 13.0 Å². The Morgan fingerprint density at radius 1 is 1.50 bits per heavy atom. The Balaban J connectivity index is 2.03. The first-order valence-corrected chi connectivity index (χ1v) is 9.06. The first-order valence-electron chi connectivity index (χ1n) is 7.01. The molecule has 0 bridgehead atoms. The number of aromatic nitrogens is 3. The topological polar surface area (TPSA) is 68.2 Å².